The molecule has 2 fully saturated rings. The average Bonchev–Trinajstić information content (AvgIpc) is 3.03. The van der Waals surface area contributed by atoms with Crippen LogP contribution in [0.5, 0.6) is 17.2 Å². The molecule has 0 unspecified atom stereocenters. The summed E-state index contributed by atoms with van der Waals surface area (Å²) < 4.78 is 31.1. The number of anilines is 5. The predicted molar refractivity (Wildman–Crippen MR) is 194 cm³/mol. The van der Waals surface area contributed by atoms with Gasteiger partial charge in [-0.05, 0) is 76.7 Å². The lowest BCUT2D eigenvalue weighted by atomic mass is 9.96. The lowest BCUT2D eigenvalue weighted by Gasteiger charge is -2.49. The van der Waals surface area contributed by atoms with E-state index in [9.17, 15) is 4.57 Å². The van der Waals surface area contributed by atoms with Gasteiger partial charge in [-0.3, -0.25) is 4.90 Å². The van der Waals surface area contributed by atoms with E-state index in [-0.39, 0.29) is 0 Å². The number of likely N-dealkylation sites (tertiary alicyclic amines) is 1. The summed E-state index contributed by atoms with van der Waals surface area (Å²) in [5, 5.41) is 7.49. The van der Waals surface area contributed by atoms with E-state index in [4.69, 9.17) is 19.2 Å². The molecule has 0 amide bonds. The van der Waals surface area contributed by atoms with Crippen molar-refractivity contribution in [2.45, 2.75) is 43.2 Å². The topological polar surface area (TPSA) is 104 Å². The van der Waals surface area contributed by atoms with E-state index < -0.39 is 7.14 Å². The van der Waals surface area contributed by atoms with Crippen molar-refractivity contribution in [3.63, 3.8) is 0 Å². The van der Waals surface area contributed by atoms with Gasteiger partial charge in [-0.25, -0.2) is 4.98 Å². The first-order valence-corrected chi connectivity index (χ1v) is 20.2. The third-order valence-electron chi connectivity index (χ3n) is 9.42. The van der Waals surface area contributed by atoms with E-state index in [1.165, 1.54) is 48.9 Å². The Morgan fingerprint density at radius 3 is 2.49 bits per heavy atom. The lowest BCUT2D eigenvalue weighted by Crippen LogP contribution is -2.62. The van der Waals surface area contributed by atoms with Crippen molar-refractivity contribution in [1.29, 1.82) is 0 Å². The molecule has 11 nitrogen and oxygen atoms in total. The van der Waals surface area contributed by atoms with E-state index in [1.54, 1.807) is 26.6 Å². The molecule has 2 saturated heterocycles. The third-order valence-corrected chi connectivity index (χ3v) is 11.7. The van der Waals surface area contributed by atoms with Crippen molar-refractivity contribution in [3.05, 3.63) is 36.0 Å². The first-order chi connectivity index (χ1) is 22.6. The maximum absolute atomic E-state index is 13.5. The Bertz CT molecular complexity index is 1640. The van der Waals surface area contributed by atoms with E-state index in [0.29, 0.717) is 59.6 Å². The highest BCUT2D eigenvalue weighted by molar-refractivity contribution is 7.98. The Kier molecular flexibility index (Phi) is 10.1. The highest BCUT2D eigenvalue weighted by Gasteiger charge is 2.35. The minimum Gasteiger partial charge on any atom is -0.494 e. The molecule has 0 bridgehead atoms. The Hall–Kier alpha value is -3.18. The molecule has 3 aliphatic rings. The number of aryl methyl sites for hydroxylation is 1. The number of piperidine rings is 1. The van der Waals surface area contributed by atoms with Gasteiger partial charge in [0.2, 0.25) is 5.95 Å². The third kappa shape index (κ3) is 7.16. The second kappa shape index (κ2) is 14.1. The van der Waals surface area contributed by atoms with Crippen molar-refractivity contribution in [3.8, 4) is 17.2 Å². The minimum absolute atomic E-state index is 0.412. The molecule has 0 radical (unpaired) electrons. The van der Waals surface area contributed by atoms with E-state index >= 15 is 0 Å². The van der Waals surface area contributed by atoms with Crippen LogP contribution >= 0.6 is 18.9 Å². The number of methoxy groups -OCH3 is 1. The molecular formula is C34H48N7O4PS. The van der Waals surface area contributed by atoms with E-state index in [0.717, 1.165) is 35.8 Å². The molecule has 47 heavy (non-hydrogen) atoms. The van der Waals surface area contributed by atoms with Crippen LogP contribution in [0, 0.1) is 0 Å². The molecule has 0 aliphatic carbocycles. The van der Waals surface area contributed by atoms with Crippen molar-refractivity contribution in [2.75, 3.05) is 95.7 Å². The van der Waals surface area contributed by atoms with Gasteiger partial charge >= 0.3 is 0 Å². The number of nitrogens with zero attached hydrogens (tertiary/aromatic N) is 5. The van der Waals surface area contributed by atoms with Gasteiger partial charge in [0.1, 0.15) is 31.9 Å². The maximum Gasteiger partial charge on any atom is 0.229 e. The number of benzene rings is 2. The van der Waals surface area contributed by atoms with Crippen LogP contribution in [0.2, 0.25) is 0 Å². The molecule has 2 aromatic carbocycles. The SMILES string of the molecule is CCc1cc(Nc2ncc(SC)c(Nc3ccc4c(c3P(C)(C)=O)OCCO4)n2)c(OC)cc1N1CCC(N2CC(N(C)C)C2)CC1. The number of aromatic nitrogens is 2. The number of rotatable bonds is 11. The molecule has 6 rings (SSSR count). The zero-order valence-corrected chi connectivity index (χ0v) is 30.3. The molecule has 13 heteroatoms. The van der Waals surface area contributed by atoms with Crippen LogP contribution in [-0.4, -0.2) is 112 Å². The standard InChI is InChI=1S/C34H48N7O4PS/c1-8-22-17-26(29(43-4)18-27(22)40-13-11-23(12-14-40)41-20-24(21-41)39(2)3)37-34-35-19-30(47-7)33(38-34)36-25-9-10-28-31(45-16-15-44-28)32(25)46(5,6)42/h9-10,17-19,23-24H,8,11-16,20-21H2,1-7H3,(H2,35,36,37,38). The fraction of sp³-hybridized carbons (Fsp3) is 0.529. The second-order valence-electron chi connectivity index (χ2n) is 13.0. The zero-order chi connectivity index (χ0) is 33.3. The van der Waals surface area contributed by atoms with E-state index in [1.807, 2.05) is 18.4 Å². The molecule has 0 spiro atoms. The fourth-order valence-corrected chi connectivity index (χ4v) is 8.52. The predicted octanol–water partition coefficient (Wildman–Crippen LogP) is 5.49. The van der Waals surface area contributed by atoms with Crippen LogP contribution in [0.3, 0.4) is 0 Å². The Balaban J connectivity index is 1.22. The summed E-state index contributed by atoms with van der Waals surface area (Å²) in [6.45, 7) is 11.0. The second-order valence-corrected chi connectivity index (χ2v) is 17.0. The van der Waals surface area contributed by atoms with Crippen LogP contribution in [0.1, 0.15) is 25.3 Å². The van der Waals surface area contributed by atoms with Gasteiger partial charge in [0.15, 0.2) is 11.5 Å². The molecule has 4 heterocycles. The van der Waals surface area contributed by atoms with Crippen molar-refractivity contribution < 1.29 is 18.8 Å². The highest BCUT2D eigenvalue weighted by Crippen LogP contribution is 2.47. The Labute approximate surface area is 283 Å². The molecule has 254 valence electrons. The molecular weight excluding hydrogens is 633 g/mol. The summed E-state index contributed by atoms with van der Waals surface area (Å²) in [6.07, 6.45) is 7.02. The van der Waals surface area contributed by atoms with E-state index in [2.05, 4.69) is 63.5 Å². The summed E-state index contributed by atoms with van der Waals surface area (Å²) >= 11 is 1.54. The average molecular weight is 682 g/mol. The zero-order valence-electron chi connectivity index (χ0n) is 28.6. The van der Waals surface area contributed by atoms with Gasteiger partial charge in [0.25, 0.3) is 0 Å². The molecule has 3 aliphatic heterocycles. The molecule has 1 aromatic heterocycles. The molecule has 0 atom stereocenters. The summed E-state index contributed by atoms with van der Waals surface area (Å²) in [5.41, 5.74) is 3.98. The van der Waals surface area contributed by atoms with Crippen LogP contribution in [-0.2, 0) is 11.0 Å². The summed E-state index contributed by atoms with van der Waals surface area (Å²) in [7, 11) is 3.31. The highest BCUT2D eigenvalue weighted by atomic mass is 32.2. The number of nitrogens with one attached hydrogen (secondary N) is 2. The maximum atomic E-state index is 13.5. The smallest absolute Gasteiger partial charge is 0.229 e. The lowest BCUT2D eigenvalue weighted by molar-refractivity contribution is 0.0188. The molecule has 0 saturated carbocycles. The number of fused-ring (bicyclic) bond motifs is 1. The number of hydrogen-bond acceptors (Lipinski definition) is 12. The van der Waals surface area contributed by atoms with Gasteiger partial charge in [0.05, 0.1) is 28.7 Å². The molecule has 3 aromatic rings. The number of likely N-dealkylation sites (N-methyl/N-ethyl adjacent to an activating group) is 1. The van der Waals surface area contributed by atoms with Gasteiger partial charge in [0, 0.05) is 56.2 Å². The van der Waals surface area contributed by atoms with Crippen molar-refractivity contribution >= 4 is 53.0 Å². The normalized spacial score (nSPS) is 17.5. The Morgan fingerprint density at radius 2 is 1.83 bits per heavy atom. The van der Waals surface area contributed by atoms with Crippen LogP contribution in [0.15, 0.2) is 35.4 Å². The van der Waals surface area contributed by atoms with Gasteiger partial charge < -0.3 is 39.2 Å². The van der Waals surface area contributed by atoms with Gasteiger partial charge in [-0.1, -0.05) is 6.92 Å². The minimum atomic E-state index is -2.75. The van der Waals surface area contributed by atoms with Gasteiger partial charge in [-0.15, -0.1) is 11.8 Å². The summed E-state index contributed by atoms with van der Waals surface area (Å²) in [5.74, 6) is 2.92. The van der Waals surface area contributed by atoms with Crippen LogP contribution in [0.4, 0.5) is 28.8 Å². The summed E-state index contributed by atoms with van der Waals surface area (Å²) in [4.78, 5) is 17.9. The van der Waals surface area contributed by atoms with Crippen molar-refractivity contribution in [2.24, 2.45) is 0 Å². The first kappa shape index (κ1) is 33.7. The Morgan fingerprint density at radius 1 is 1.09 bits per heavy atom. The largest absolute Gasteiger partial charge is 0.494 e. The quantitative estimate of drug-likeness (QED) is 0.198. The van der Waals surface area contributed by atoms with Gasteiger partial charge in [-0.2, -0.15) is 4.98 Å². The fourth-order valence-electron chi connectivity index (χ4n) is 6.70. The summed E-state index contributed by atoms with van der Waals surface area (Å²) in [6, 6.07) is 9.41. The first-order valence-electron chi connectivity index (χ1n) is 16.4. The number of ether oxygens (including phenoxy) is 3. The van der Waals surface area contributed by atoms with Crippen LogP contribution in [0.25, 0.3) is 0 Å². The number of hydrogen-bond donors (Lipinski definition) is 2. The molecule has 2 N–H and O–H groups in total. The number of thioether (sulfide) groups is 1. The monoisotopic (exact) mass is 681 g/mol. The van der Waals surface area contributed by atoms with Crippen molar-refractivity contribution in [1.82, 2.24) is 19.8 Å². The van der Waals surface area contributed by atoms with Crippen LogP contribution < -0.4 is 35.0 Å².